The standard InChI is InChI=1S/C27H23FN2O5/c1-35-20-14-8-7-13-19(20)30-24(31)21-22(25(30)32)27(26(33)34,15-16-9-3-2-4-10-16)29-23(21)17-11-5-6-12-18(17)28/h2-14,21-23,29H,15H2,1H3,(H,33,34)/t21-,22-,23-,27-/m0/s1. The Morgan fingerprint density at radius 2 is 1.66 bits per heavy atom. The van der Waals surface area contributed by atoms with Gasteiger partial charge in [0.25, 0.3) is 0 Å². The molecule has 2 aliphatic heterocycles. The lowest BCUT2D eigenvalue weighted by atomic mass is 9.76. The molecule has 0 saturated carbocycles. The Bertz CT molecular complexity index is 1310. The average Bonchev–Trinajstić information content (AvgIpc) is 3.34. The summed E-state index contributed by atoms with van der Waals surface area (Å²) in [5.74, 6) is -5.20. The third kappa shape index (κ3) is 3.49. The smallest absolute Gasteiger partial charge is 0.325 e. The molecular weight excluding hydrogens is 451 g/mol. The van der Waals surface area contributed by atoms with Gasteiger partial charge in [0.15, 0.2) is 0 Å². The first-order valence-corrected chi connectivity index (χ1v) is 11.2. The van der Waals surface area contributed by atoms with Gasteiger partial charge in [-0.3, -0.25) is 19.7 Å². The summed E-state index contributed by atoms with van der Waals surface area (Å²) in [5.41, 5.74) is -0.790. The number of nitrogens with one attached hydrogen (secondary N) is 1. The van der Waals surface area contributed by atoms with Gasteiger partial charge in [-0.05, 0) is 23.8 Å². The Morgan fingerprint density at radius 1 is 1.00 bits per heavy atom. The zero-order valence-corrected chi connectivity index (χ0v) is 18.9. The first-order chi connectivity index (χ1) is 16.9. The number of ether oxygens (including phenoxy) is 1. The Balaban J connectivity index is 1.69. The average molecular weight is 474 g/mol. The van der Waals surface area contributed by atoms with Crippen molar-refractivity contribution in [1.29, 1.82) is 0 Å². The maximum atomic E-state index is 14.9. The number of carbonyl (C=O) groups excluding carboxylic acids is 2. The van der Waals surface area contributed by atoms with Crippen LogP contribution in [-0.2, 0) is 20.8 Å². The van der Waals surface area contributed by atoms with Crippen molar-refractivity contribution in [2.45, 2.75) is 18.0 Å². The Hall–Kier alpha value is -4.04. The van der Waals surface area contributed by atoms with Gasteiger partial charge in [-0.2, -0.15) is 0 Å². The molecule has 2 fully saturated rings. The first-order valence-electron chi connectivity index (χ1n) is 11.2. The molecule has 178 valence electrons. The second-order valence-corrected chi connectivity index (χ2v) is 8.77. The second-order valence-electron chi connectivity index (χ2n) is 8.77. The number of methoxy groups -OCH3 is 1. The molecule has 35 heavy (non-hydrogen) atoms. The highest BCUT2D eigenvalue weighted by molar-refractivity contribution is 6.24. The lowest BCUT2D eigenvalue weighted by Crippen LogP contribution is -2.57. The zero-order valence-electron chi connectivity index (χ0n) is 18.9. The summed E-state index contributed by atoms with van der Waals surface area (Å²) < 4.78 is 20.3. The molecule has 2 saturated heterocycles. The molecule has 0 unspecified atom stereocenters. The summed E-state index contributed by atoms with van der Waals surface area (Å²) in [4.78, 5) is 41.6. The van der Waals surface area contributed by atoms with E-state index in [1.54, 1.807) is 60.7 Å². The first kappa shape index (κ1) is 22.7. The molecule has 2 aliphatic rings. The monoisotopic (exact) mass is 474 g/mol. The highest BCUT2D eigenvalue weighted by Crippen LogP contribution is 2.52. The van der Waals surface area contributed by atoms with E-state index in [0.29, 0.717) is 11.3 Å². The number of imide groups is 1. The largest absolute Gasteiger partial charge is 0.495 e. The number of nitrogens with zero attached hydrogens (tertiary/aromatic N) is 1. The number of para-hydroxylation sites is 2. The molecule has 8 heteroatoms. The van der Waals surface area contributed by atoms with E-state index in [-0.39, 0.29) is 17.7 Å². The fraction of sp³-hybridized carbons (Fsp3) is 0.222. The molecule has 5 rings (SSSR count). The number of aliphatic carboxylic acids is 1. The number of amides is 2. The molecule has 4 atom stereocenters. The van der Waals surface area contributed by atoms with Crippen molar-refractivity contribution in [1.82, 2.24) is 5.32 Å². The minimum absolute atomic E-state index is 0.0614. The van der Waals surface area contributed by atoms with E-state index in [1.165, 1.54) is 25.3 Å². The molecule has 0 aromatic heterocycles. The summed E-state index contributed by atoms with van der Waals surface area (Å²) in [5, 5.41) is 13.5. The number of carbonyl (C=O) groups is 3. The minimum atomic E-state index is -1.83. The summed E-state index contributed by atoms with van der Waals surface area (Å²) in [6, 6.07) is 20.3. The van der Waals surface area contributed by atoms with Crippen LogP contribution in [0.4, 0.5) is 10.1 Å². The number of benzene rings is 3. The van der Waals surface area contributed by atoms with E-state index in [4.69, 9.17) is 4.74 Å². The SMILES string of the molecule is COc1ccccc1N1C(=O)[C@H]2[C@@H](C1=O)[C@@](Cc1ccccc1)(C(=O)O)N[C@H]2c1ccccc1F. The van der Waals surface area contributed by atoms with Crippen molar-refractivity contribution in [3.8, 4) is 5.75 Å². The van der Waals surface area contributed by atoms with Crippen molar-refractivity contribution in [3.05, 3.63) is 95.8 Å². The van der Waals surface area contributed by atoms with Crippen molar-refractivity contribution < 1.29 is 28.6 Å². The van der Waals surface area contributed by atoms with Gasteiger partial charge in [0.1, 0.15) is 17.1 Å². The molecular formula is C27H23FN2O5. The highest BCUT2D eigenvalue weighted by atomic mass is 19.1. The lowest BCUT2D eigenvalue weighted by molar-refractivity contribution is -0.148. The van der Waals surface area contributed by atoms with Crippen LogP contribution in [0.5, 0.6) is 5.75 Å². The number of halogens is 1. The van der Waals surface area contributed by atoms with Crippen LogP contribution >= 0.6 is 0 Å². The molecule has 0 aliphatic carbocycles. The van der Waals surface area contributed by atoms with Gasteiger partial charge in [-0.15, -0.1) is 0 Å². The van der Waals surface area contributed by atoms with Crippen LogP contribution in [0, 0.1) is 17.7 Å². The second kappa shape index (κ2) is 8.63. The summed E-state index contributed by atoms with van der Waals surface area (Å²) in [6.07, 6.45) is -0.0614. The van der Waals surface area contributed by atoms with E-state index >= 15 is 0 Å². The third-order valence-corrected chi connectivity index (χ3v) is 6.93. The van der Waals surface area contributed by atoms with E-state index in [2.05, 4.69) is 5.32 Å². The van der Waals surface area contributed by atoms with E-state index in [0.717, 1.165) is 4.90 Å². The van der Waals surface area contributed by atoms with Gasteiger partial charge in [-0.25, -0.2) is 9.29 Å². The number of fused-ring (bicyclic) bond motifs is 1. The highest BCUT2D eigenvalue weighted by Gasteiger charge is 2.69. The fourth-order valence-electron chi connectivity index (χ4n) is 5.40. The molecule has 0 radical (unpaired) electrons. The van der Waals surface area contributed by atoms with Crippen molar-refractivity contribution in [3.63, 3.8) is 0 Å². The molecule has 2 amide bonds. The predicted molar refractivity (Wildman–Crippen MR) is 125 cm³/mol. The van der Waals surface area contributed by atoms with Gasteiger partial charge < -0.3 is 9.84 Å². The fourth-order valence-corrected chi connectivity index (χ4v) is 5.40. The normalized spacial score (nSPS) is 25.5. The molecule has 3 aromatic carbocycles. The van der Waals surface area contributed by atoms with Crippen molar-refractivity contribution in [2.75, 3.05) is 12.0 Å². The molecule has 3 aromatic rings. The molecule has 0 bridgehead atoms. The van der Waals surface area contributed by atoms with Crippen LogP contribution in [0.3, 0.4) is 0 Å². The maximum Gasteiger partial charge on any atom is 0.325 e. The number of carboxylic acids is 1. The van der Waals surface area contributed by atoms with Crippen LogP contribution < -0.4 is 15.0 Å². The minimum Gasteiger partial charge on any atom is -0.495 e. The van der Waals surface area contributed by atoms with Crippen molar-refractivity contribution >= 4 is 23.5 Å². The van der Waals surface area contributed by atoms with Gasteiger partial charge in [0.05, 0.1) is 24.6 Å². The molecule has 2 heterocycles. The predicted octanol–water partition coefficient (Wildman–Crippen LogP) is 3.35. The van der Waals surface area contributed by atoms with Crippen LogP contribution in [0.2, 0.25) is 0 Å². The summed E-state index contributed by atoms with van der Waals surface area (Å²) in [6.45, 7) is 0. The Kier molecular flexibility index (Phi) is 5.61. The van der Waals surface area contributed by atoms with E-state index in [9.17, 15) is 23.9 Å². The topological polar surface area (TPSA) is 95.9 Å². The summed E-state index contributed by atoms with van der Waals surface area (Å²) >= 11 is 0. The number of rotatable bonds is 6. The van der Waals surface area contributed by atoms with Crippen LogP contribution in [0.15, 0.2) is 78.9 Å². The Morgan fingerprint density at radius 3 is 2.34 bits per heavy atom. The van der Waals surface area contributed by atoms with Gasteiger partial charge in [0.2, 0.25) is 11.8 Å². The molecule has 0 spiro atoms. The van der Waals surface area contributed by atoms with Crippen LogP contribution in [-0.4, -0.2) is 35.5 Å². The van der Waals surface area contributed by atoms with E-state index in [1.807, 2.05) is 0 Å². The molecule has 7 nitrogen and oxygen atoms in total. The number of hydrogen-bond acceptors (Lipinski definition) is 5. The quantitative estimate of drug-likeness (QED) is 0.532. The molecule has 2 N–H and O–H groups in total. The van der Waals surface area contributed by atoms with Crippen molar-refractivity contribution in [2.24, 2.45) is 11.8 Å². The number of carboxylic acid groups (broad SMARTS) is 1. The van der Waals surface area contributed by atoms with Gasteiger partial charge >= 0.3 is 5.97 Å². The number of hydrogen-bond donors (Lipinski definition) is 2. The lowest BCUT2D eigenvalue weighted by Gasteiger charge is -2.31. The Labute approximate surface area is 201 Å². The summed E-state index contributed by atoms with van der Waals surface area (Å²) in [7, 11) is 1.42. The third-order valence-electron chi connectivity index (χ3n) is 6.93. The zero-order chi connectivity index (χ0) is 24.7. The number of anilines is 1. The maximum absolute atomic E-state index is 14.9. The van der Waals surface area contributed by atoms with Gasteiger partial charge in [0, 0.05) is 18.0 Å². The van der Waals surface area contributed by atoms with Crippen LogP contribution in [0.25, 0.3) is 0 Å². The van der Waals surface area contributed by atoms with Crippen LogP contribution in [0.1, 0.15) is 17.2 Å². The van der Waals surface area contributed by atoms with E-state index < -0.39 is 47.0 Å². The van der Waals surface area contributed by atoms with Gasteiger partial charge in [-0.1, -0.05) is 60.7 Å².